The fourth-order valence-corrected chi connectivity index (χ4v) is 6.69. The molecule has 208 valence electrons. The zero-order valence-electron chi connectivity index (χ0n) is 21.3. The molecule has 0 saturated heterocycles. The summed E-state index contributed by atoms with van der Waals surface area (Å²) in [6.07, 6.45) is 0.605. The molecule has 2 aromatic carbocycles. The van der Waals surface area contributed by atoms with Crippen LogP contribution in [0.1, 0.15) is 18.4 Å². The molecule has 1 aliphatic carbocycles. The molecular formula is C28H32FN3O6S. The van der Waals surface area contributed by atoms with E-state index in [1.165, 1.54) is 12.1 Å². The van der Waals surface area contributed by atoms with Gasteiger partial charge in [-0.3, -0.25) is 9.88 Å². The Bertz CT molecular complexity index is 1400. The van der Waals surface area contributed by atoms with Gasteiger partial charge in [0.2, 0.25) is 10.0 Å². The van der Waals surface area contributed by atoms with E-state index in [-0.39, 0.29) is 56.3 Å². The van der Waals surface area contributed by atoms with E-state index in [0.29, 0.717) is 11.1 Å². The average Bonchev–Trinajstić information content (AvgIpc) is 3.20. The monoisotopic (exact) mass is 557 g/mol. The first-order chi connectivity index (χ1) is 18.6. The predicted molar refractivity (Wildman–Crippen MR) is 142 cm³/mol. The van der Waals surface area contributed by atoms with Gasteiger partial charge in [-0.1, -0.05) is 30.3 Å². The number of aromatic nitrogens is 1. The summed E-state index contributed by atoms with van der Waals surface area (Å²) in [5, 5.41) is 31.8. The zero-order chi connectivity index (χ0) is 27.6. The summed E-state index contributed by atoms with van der Waals surface area (Å²) in [7, 11) is -4.07. The van der Waals surface area contributed by atoms with Gasteiger partial charge in [-0.25, -0.2) is 17.5 Å². The van der Waals surface area contributed by atoms with Crippen molar-refractivity contribution in [3.63, 3.8) is 0 Å². The molecule has 3 aromatic rings. The maximum atomic E-state index is 14.5. The molecule has 0 amide bonds. The van der Waals surface area contributed by atoms with Crippen LogP contribution in [0.2, 0.25) is 0 Å². The molecule has 0 bridgehead atoms. The lowest BCUT2D eigenvalue weighted by molar-refractivity contribution is 0.0423. The summed E-state index contributed by atoms with van der Waals surface area (Å²) < 4.78 is 49.8. The van der Waals surface area contributed by atoms with Crippen molar-refractivity contribution >= 4 is 10.0 Å². The number of halogens is 1. The lowest BCUT2D eigenvalue weighted by atomic mass is 9.85. The normalized spacial score (nSPS) is 27.7. The molecular weight excluding hydrogens is 525 g/mol. The van der Waals surface area contributed by atoms with Crippen LogP contribution >= 0.6 is 0 Å². The number of hydrogen-bond acceptors (Lipinski definition) is 8. The fraction of sp³-hybridized carbons (Fsp3) is 0.393. The van der Waals surface area contributed by atoms with Crippen LogP contribution in [-0.4, -0.2) is 78.2 Å². The molecule has 5 rings (SSSR count). The number of rotatable bonds is 3. The largest absolute Gasteiger partial charge is 0.492 e. The summed E-state index contributed by atoms with van der Waals surface area (Å²) in [4.78, 5) is 5.87. The molecule has 1 unspecified atom stereocenters. The third-order valence-corrected chi connectivity index (χ3v) is 8.84. The number of sulfonamides is 1. The number of aliphatic hydroxyl groups is 3. The van der Waals surface area contributed by atoms with E-state index in [9.17, 15) is 28.1 Å². The quantitative estimate of drug-likeness (QED) is 0.384. The van der Waals surface area contributed by atoms with E-state index < -0.39 is 39.6 Å². The van der Waals surface area contributed by atoms with Crippen LogP contribution < -0.4 is 9.46 Å². The smallest absolute Gasteiger partial charge is 0.244 e. The third-order valence-electron chi connectivity index (χ3n) is 7.38. The second-order valence-corrected chi connectivity index (χ2v) is 12.2. The molecule has 1 aromatic heterocycles. The molecule has 39 heavy (non-hydrogen) atoms. The van der Waals surface area contributed by atoms with Crippen molar-refractivity contribution in [2.75, 3.05) is 26.2 Å². The minimum atomic E-state index is -4.07. The molecule has 1 fully saturated rings. The Hall–Kier alpha value is -2.93. The van der Waals surface area contributed by atoms with Crippen LogP contribution in [0.5, 0.6) is 5.75 Å². The van der Waals surface area contributed by atoms with Crippen LogP contribution in [-0.2, 0) is 16.6 Å². The lowest BCUT2D eigenvalue weighted by Gasteiger charge is -2.37. The van der Waals surface area contributed by atoms with E-state index in [1.54, 1.807) is 48.8 Å². The van der Waals surface area contributed by atoms with Gasteiger partial charge in [0.1, 0.15) is 16.5 Å². The summed E-state index contributed by atoms with van der Waals surface area (Å²) in [5.74, 6) is -0.290. The maximum absolute atomic E-state index is 14.5. The van der Waals surface area contributed by atoms with Gasteiger partial charge in [-0.2, -0.15) is 0 Å². The van der Waals surface area contributed by atoms with Crippen LogP contribution in [0.4, 0.5) is 4.39 Å². The number of fused-ring (bicyclic) bond motifs is 1. The number of β-amino-alcohol motifs (C(OH)–C–C–N with tert-alkyl or cyclic N) is 1. The van der Waals surface area contributed by atoms with Gasteiger partial charge in [0, 0.05) is 55.1 Å². The lowest BCUT2D eigenvalue weighted by Crippen LogP contribution is -2.46. The predicted octanol–water partition coefficient (Wildman–Crippen LogP) is 1.92. The summed E-state index contributed by atoms with van der Waals surface area (Å²) in [6, 6.07) is 14.7. The van der Waals surface area contributed by atoms with Crippen molar-refractivity contribution in [3.8, 4) is 16.9 Å². The molecule has 0 radical (unpaired) electrons. The van der Waals surface area contributed by atoms with E-state index in [2.05, 4.69) is 9.71 Å². The minimum absolute atomic E-state index is 0.00992. The second kappa shape index (κ2) is 11.3. The number of ether oxygens (including phenoxy) is 1. The van der Waals surface area contributed by atoms with Gasteiger partial charge < -0.3 is 20.1 Å². The number of hydrogen-bond donors (Lipinski definition) is 4. The Labute approximate surface area is 227 Å². The number of benzene rings is 2. The van der Waals surface area contributed by atoms with Crippen LogP contribution in [0.25, 0.3) is 11.1 Å². The topological polar surface area (TPSA) is 132 Å². The number of nitrogens with zero attached hydrogens (tertiary/aromatic N) is 2. The van der Waals surface area contributed by atoms with Crippen molar-refractivity contribution in [1.29, 1.82) is 0 Å². The summed E-state index contributed by atoms with van der Waals surface area (Å²) >= 11 is 0. The molecule has 9 nitrogen and oxygen atoms in total. The zero-order valence-corrected chi connectivity index (χ0v) is 22.1. The van der Waals surface area contributed by atoms with Crippen molar-refractivity contribution in [3.05, 3.63) is 78.4 Å². The van der Waals surface area contributed by atoms with Crippen molar-refractivity contribution < 1.29 is 32.9 Å². The standard InChI is InChI=1S/C28H32FN3O6S/c29-23-6-2-1-4-21(23)15-32-16-22(33)14-31-39(36,37)27-8-7-19(20-5-3-9-30-13-20)10-26(27)38-18-28(17-32)11-24(34)25(35)12-28/h1-10,13,22,24-25,31,33-35H,11-12,14-18H2/t22-,24-,25+,28?/m0/s1. The van der Waals surface area contributed by atoms with Crippen LogP contribution in [0.3, 0.4) is 0 Å². The van der Waals surface area contributed by atoms with Gasteiger partial charge in [-0.15, -0.1) is 0 Å². The first-order valence-electron chi connectivity index (χ1n) is 12.8. The van der Waals surface area contributed by atoms with Gasteiger partial charge in [0.05, 0.1) is 24.9 Å². The van der Waals surface area contributed by atoms with E-state index >= 15 is 0 Å². The Balaban J connectivity index is 1.53. The maximum Gasteiger partial charge on any atom is 0.244 e. The number of aliphatic hydroxyl groups excluding tert-OH is 3. The molecule has 1 aliphatic heterocycles. The molecule has 1 spiro atoms. The van der Waals surface area contributed by atoms with Crippen molar-refractivity contribution in [1.82, 2.24) is 14.6 Å². The highest BCUT2D eigenvalue weighted by Gasteiger charge is 2.46. The molecule has 11 heteroatoms. The van der Waals surface area contributed by atoms with Crippen LogP contribution in [0.15, 0.2) is 71.9 Å². The highest BCUT2D eigenvalue weighted by Crippen LogP contribution is 2.41. The first kappa shape index (κ1) is 27.6. The van der Waals surface area contributed by atoms with Gasteiger partial charge >= 0.3 is 0 Å². The Morgan fingerprint density at radius 3 is 2.54 bits per heavy atom. The molecule has 1 saturated carbocycles. The molecule has 4 N–H and O–H groups in total. The first-order valence-corrected chi connectivity index (χ1v) is 14.3. The van der Waals surface area contributed by atoms with Crippen molar-refractivity contribution in [2.24, 2.45) is 5.41 Å². The molecule has 4 atom stereocenters. The Morgan fingerprint density at radius 1 is 1.05 bits per heavy atom. The fourth-order valence-electron chi connectivity index (χ4n) is 5.50. The average molecular weight is 558 g/mol. The van der Waals surface area contributed by atoms with Crippen molar-refractivity contribution in [2.45, 2.75) is 42.6 Å². The Morgan fingerprint density at radius 2 is 1.82 bits per heavy atom. The SMILES string of the molecule is O=S1(=O)NC[C@H](O)CN(Cc2ccccc2F)CC2(COc3cc(-c4cccnc4)ccc31)C[C@@H](O)[C@@H](O)C2. The minimum Gasteiger partial charge on any atom is -0.492 e. The van der Waals surface area contributed by atoms with Gasteiger partial charge in [0.25, 0.3) is 0 Å². The third kappa shape index (κ3) is 6.29. The van der Waals surface area contributed by atoms with E-state index in [1.807, 2.05) is 11.0 Å². The van der Waals surface area contributed by atoms with E-state index in [0.717, 1.165) is 5.56 Å². The van der Waals surface area contributed by atoms with E-state index in [4.69, 9.17) is 4.74 Å². The summed E-state index contributed by atoms with van der Waals surface area (Å²) in [6.45, 7) is 0.183. The van der Waals surface area contributed by atoms with Crippen LogP contribution in [0, 0.1) is 11.2 Å². The number of nitrogens with one attached hydrogen (secondary N) is 1. The Kier molecular flexibility index (Phi) is 7.99. The van der Waals surface area contributed by atoms with Gasteiger partial charge in [-0.05, 0) is 42.7 Å². The highest BCUT2D eigenvalue weighted by atomic mass is 32.2. The number of pyridine rings is 1. The molecule has 2 aliphatic rings. The second-order valence-electron chi connectivity index (χ2n) is 10.5. The van der Waals surface area contributed by atoms with Gasteiger partial charge in [0.15, 0.2) is 0 Å². The molecule has 2 heterocycles. The highest BCUT2D eigenvalue weighted by molar-refractivity contribution is 7.89. The summed E-state index contributed by atoms with van der Waals surface area (Å²) in [5.41, 5.74) is 1.10.